The summed E-state index contributed by atoms with van der Waals surface area (Å²) >= 11 is 0. The molecule has 0 N–H and O–H groups in total. The van der Waals surface area contributed by atoms with Gasteiger partial charge in [0.2, 0.25) is 0 Å². The van der Waals surface area contributed by atoms with Crippen LogP contribution < -0.4 is 9.64 Å². The van der Waals surface area contributed by atoms with E-state index in [4.69, 9.17) is 4.74 Å². The molecule has 2 nitrogen and oxygen atoms in total. The third-order valence-corrected chi connectivity index (χ3v) is 7.61. The van der Waals surface area contributed by atoms with Crippen LogP contribution in [0.4, 0.5) is 17.1 Å². The fourth-order valence-corrected chi connectivity index (χ4v) is 4.76. The van der Waals surface area contributed by atoms with Crippen molar-refractivity contribution in [2.45, 2.75) is 91.4 Å². The molecular weight excluding hydrogens is 438 g/mol. The summed E-state index contributed by atoms with van der Waals surface area (Å²) in [6.45, 7) is 11.4. The number of ether oxygens (including phenoxy) is 1. The lowest BCUT2D eigenvalue weighted by molar-refractivity contribution is 0.466. The van der Waals surface area contributed by atoms with Crippen LogP contribution in [0.15, 0.2) is 66.7 Å². The Kier molecular flexibility index (Phi) is 8.56. The van der Waals surface area contributed by atoms with Gasteiger partial charge in [0.25, 0.3) is 0 Å². The van der Waals surface area contributed by atoms with Crippen molar-refractivity contribution in [2.75, 3.05) is 4.90 Å². The smallest absolute Gasteiger partial charge is 0.152 e. The maximum absolute atomic E-state index is 6.60. The Hall–Kier alpha value is -3.00. The van der Waals surface area contributed by atoms with Crippen molar-refractivity contribution in [3.63, 3.8) is 0 Å². The molecule has 1 heterocycles. The molecule has 0 unspecified atom stereocenters. The van der Waals surface area contributed by atoms with Crippen LogP contribution >= 0.6 is 0 Å². The number of rotatable bonds is 11. The van der Waals surface area contributed by atoms with Gasteiger partial charge in [0.05, 0.1) is 11.4 Å². The van der Waals surface area contributed by atoms with E-state index in [0.29, 0.717) is 0 Å². The third kappa shape index (κ3) is 5.86. The van der Waals surface area contributed by atoms with Gasteiger partial charge in [0.1, 0.15) is 0 Å². The molecule has 0 bridgehead atoms. The molecule has 0 saturated carbocycles. The maximum Gasteiger partial charge on any atom is 0.152 e. The minimum Gasteiger partial charge on any atom is -0.453 e. The zero-order valence-electron chi connectivity index (χ0n) is 22.9. The molecule has 3 aromatic rings. The molecule has 4 rings (SSSR count). The number of nitrogens with zero attached hydrogens (tertiary/aromatic N) is 1. The number of unbranched alkanes of at least 4 members (excludes halogenated alkanes) is 4. The van der Waals surface area contributed by atoms with E-state index in [2.05, 4.69) is 112 Å². The number of hydrogen-bond acceptors (Lipinski definition) is 2. The zero-order chi connectivity index (χ0) is 25.5. The molecule has 0 saturated heterocycles. The first-order valence-corrected chi connectivity index (χ1v) is 14.0. The van der Waals surface area contributed by atoms with Gasteiger partial charge in [-0.25, -0.2) is 0 Å². The summed E-state index contributed by atoms with van der Waals surface area (Å²) in [4.78, 5) is 2.36. The molecule has 1 aliphatic rings. The van der Waals surface area contributed by atoms with Crippen molar-refractivity contribution in [1.29, 1.82) is 0 Å². The zero-order valence-corrected chi connectivity index (χ0v) is 22.9. The van der Waals surface area contributed by atoms with Gasteiger partial charge in [0, 0.05) is 5.69 Å². The molecule has 3 aromatic carbocycles. The van der Waals surface area contributed by atoms with Gasteiger partial charge < -0.3 is 9.64 Å². The van der Waals surface area contributed by atoms with Gasteiger partial charge in [-0.2, -0.15) is 0 Å². The van der Waals surface area contributed by atoms with Gasteiger partial charge in [0.15, 0.2) is 11.5 Å². The van der Waals surface area contributed by atoms with Crippen LogP contribution in [0, 0.1) is 0 Å². The van der Waals surface area contributed by atoms with E-state index in [9.17, 15) is 0 Å². The lowest BCUT2D eigenvalue weighted by Gasteiger charge is -2.34. The van der Waals surface area contributed by atoms with E-state index < -0.39 is 0 Å². The Morgan fingerprint density at radius 3 is 2.17 bits per heavy atom. The van der Waals surface area contributed by atoms with Crippen molar-refractivity contribution in [3.8, 4) is 11.5 Å². The Morgan fingerprint density at radius 1 is 0.778 bits per heavy atom. The SMILES string of the molecule is CCCCC/C=C/c1ccc2c(c1)Oc1cc(C(C)(C)CC)ccc1N2c1ccc(CCCC)cc1. The van der Waals surface area contributed by atoms with Gasteiger partial charge in [-0.3, -0.25) is 0 Å². The van der Waals surface area contributed by atoms with E-state index in [-0.39, 0.29) is 5.41 Å². The fraction of sp³-hybridized carbons (Fsp3) is 0.412. The Balaban J connectivity index is 1.72. The van der Waals surface area contributed by atoms with Crippen LogP contribution in [0.5, 0.6) is 11.5 Å². The number of allylic oxidation sites excluding steroid dienone is 1. The van der Waals surface area contributed by atoms with Crippen molar-refractivity contribution >= 4 is 23.1 Å². The summed E-state index contributed by atoms with van der Waals surface area (Å²) in [6, 6.07) is 22.4. The predicted octanol–water partition coefficient (Wildman–Crippen LogP) is 10.9. The van der Waals surface area contributed by atoms with Crippen LogP contribution in [-0.4, -0.2) is 0 Å². The number of anilines is 3. The van der Waals surface area contributed by atoms with Crippen LogP contribution in [-0.2, 0) is 11.8 Å². The number of benzene rings is 3. The molecule has 0 spiro atoms. The highest BCUT2D eigenvalue weighted by molar-refractivity contribution is 5.87. The van der Waals surface area contributed by atoms with Crippen molar-refractivity contribution in [2.24, 2.45) is 0 Å². The Labute approximate surface area is 219 Å². The summed E-state index contributed by atoms with van der Waals surface area (Å²) < 4.78 is 6.60. The number of fused-ring (bicyclic) bond motifs is 2. The molecule has 36 heavy (non-hydrogen) atoms. The molecular formula is C34H43NO. The lowest BCUT2D eigenvalue weighted by Crippen LogP contribution is -2.19. The minimum absolute atomic E-state index is 0.105. The largest absolute Gasteiger partial charge is 0.453 e. The van der Waals surface area contributed by atoms with Crippen LogP contribution in [0.2, 0.25) is 0 Å². The van der Waals surface area contributed by atoms with Crippen LogP contribution in [0.1, 0.15) is 96.3 Å². The first kappa shape index (κ1) is 26.1. The summed E-state index contributed by atoms with van der Waals surface area (Å²) in [6.07, 6.45) is 14.1. The Morgan fingerprint density at radius 2 is 1.47 bits per heavy atom. The predicted molar refractivity (Wildman–Crippen MR) is 156 cm³/mol. The maximum atomic E-state index is 6.60. The van der Waals surface area contributed by atoms with Gasteiger partial charge in [-0.1, -0.05) is 90.3 Å². The molecule has 0 aromatic heterocycles. The first-order chi connectivity index (χ1) is 17.5. The quantitative estimate of drug-likeness (QED) is 0.197. The molecule has 190 valence electrons. The average Bonchev–Trinajstić information content (AvgIpc) is 2.90. The standard InChI is InChI=1S/C34H43NO/c1-6-9-11-12-13-15-27-18-22-30-32(24-27)36-33-25-28(34(4,5)8-3)19-23-31(33)35(30)29-20-16-26(17-21-29)14-10-7-2/h13,15-25H,6-12,14H2,1-5H3/b15-13+. The van der Waals surface area contributed by atoms with Crippen molar-refractivity contribution < 1.29 is 4.74 Å². The Bertz CT molecular complexity index is 1170. The highest BCUT2D eigenvalue weighted by Gasteiger charge is 2.28. The molecule has 0 aliphatic carbocycles. The highest BCUT2D eigenvalue weighted by Crippen LogP contribution is 2.51. The summed E-state index contributed by atoms with van der Waals surface area (Å²) in [5.74, 6) is 1.85. The van der Waals surface area contributed by atoms with Crippen molar-refractivity contribution in [1.82, 2.24) is 0 Å². The van der Waals surface area contributed by atoms with Gasteiger partial charge in [-0.15, -0.1) is 0 Å². The first-order valence-electron chi connectivity index (χ1n) is 14.0. The summed E-state index contributed by atoms with van der Waals surface area (Å²) in [5.41, 5.74) is 7.37. The highest BCUT2D eigenvalue weighted by atomic mass is 16.5. The van der Waals surface area contributed by atoms with Crippen LogP contribution in [0.25, 0.3) is 6.08 Å². The lowest BCUT2D eigenvalue weighted by atomic mass is 9.82. The molecule has 0 amide bonds. The minimum atomic E-state index is 0.105. The fourth-order valence-electron chi connectivity index (χ4n) is 4.76. The molecule has 0 atom stereocenters. The normalized spacial score (nSPS) is 13.0. The van der Waals surface area contributed by atoms with E-state index in [1.54, 1.807) is 0 Å². The number of hydrogen-bond donors (Lipinski definition) is 0. The topological polar surface area (TPSA) is 12.5 Å². The second kappa shape index (κ2) is 11.8. The summed E-state index contributed by atoms with van der Waals surface area (Å²) in [5, 5.41) is 0. The number of aryl methyl sites for hydroxylation is 1. The third-order valence-electron chi connectivity index (χ3n) is 7.61. The second-order valence-electron chi connectivity index (χ2n) is 10.8. The average molecular weight is 482 g/mol. The van der Waals surface area contributed by atoms with Crippen molar-refractivity contribution in [3.05, 3.63) is 83.4 Å². The molecule has 2 heteroatoms. The molecule has 0 radical (unpaired) electrons. The van der Waals surface area contributed by atoms with E-state index in [0.717, 1.165) is 42.1 Å². The van der Waals surface area contributed by atoms with Gasteiger partial charge >= 0.3 is 0 Å². The van der Waals surface area contributed by atoms with E-state index in [1.165, 1.54) is 54.5 Å². The van der Waals surface area contributed by atoms with Crippen LogP contribution in [0.3, 0.4) is 0 Å². The molecule has 1 aliphatic heterocycles. The molecule has 0 fully saturated rings. The van der Waals surface area contributed by atoms with E-state index >= 15 is 0 Å². The summed E-state index contributed by atoms with van der Waals surface area (Å²) in [7, 11) is 0. The van der Waals surface area contributed by atoms with E-state index in [1.807, 2.05) is 0 Å². The monoisotopic (exact) mass is 481 g/mol. The van der Waals surface area contributed by atoms with Gasteiger partial charge in [-0.05, 0) is 90.6 Å². The second-order valence-corrected chi connectivity index (χ2v) is 10.8.